The van der Waals surface area contributed by atoms with Gasteiger partial charge in [-0.2, -0.15) is 13.2 Å². The highest BCUT2D eigenvalue weighted by Gasteiger charge is 2.54. The number of ether oxygens (including phenoxy) is 1. The van der Waals surface area contributed by atoms with Gasteiger partial charge >= 0.3 is 6.18 Å². The standard InChI is InChI=1S/C15H21F3N2O3/c1-4-14(5-2)9(7-10(14)22-6-3)20-13(21)11-12(15(16,17)18)23-8-19-11/h8-10H,4-7H2,1-3H3,(H,20,21)/t9-,10+/m0/s1. The molecule has 0 spiro atoms. The van der Waals surface area contributed by atoms with Crippen LogP contribution >= 0.6 is 0 Å². The third-order valence-electron chi connectivity index (χ3n) is 4.81. The molecule has 5 nitrogen and oxygen atoms in total. The molecule has 0 aromatic carbocycles. The van der Waals surface area contributed by atoms with Crippen LogP contribution in [0.2, 0.25) is 0 Å². The van der Waals surface area contributed by atoms with E-state index < -0.39 is 23.5 Å². The number of hydrogen-bond donors (Lipinski definition) is 1. The van der Waals surface area contributed by atoms with Crippen molar-refractivity contribution in [3.63, 3.8) is 0 Å². The van der Waals surface area contributed by atoms with Crippen molar-refractivity contribution >= 4 is 5.91 Å². The highest BCUT2D eigenvalue weighted by atomic mass is 19.4. The minimum absolute atomic E-state index is 0.00666. The number of hydrogen-bond acceptors (Lipinski definition) is 4. The molecule has 1 saturated carbocycles. The maximum atomic E-state index is 12.8. The molecule has 2 atom stereocenters. The van der Waals surface area contributed by atoms with Crippen LogP contribution in [-0.4, -0.2) is 29.6 Å². The lowest BCUT2D eigenvalue weighted by atomic mass is 9.58. The quantitative estimate of drug-likeness (QED) is 0.866. The van der Waals surface area contributed by atoms with Crippen molar-refractivity contribution in [2.24, 2.45) is 5.41 Å². The van der Waals surface area contributed by atoms with Crippen molar-refractivity contribution in [1.29, 1.82) is 0 Å². The Morgan fingerprint density at radius 1 is 1.43 bits per heavy atom. The van der Waals surface area contributed by atoms with E-state index in [4.69, 9.17) is 4.74 Å². The summed E-state index contributed by atoms with van der Waals surface area (Å²) in [7, 11) is 0. The molecule has 1 amide bonds. The number of alkyl halides is 3. The predicted octanol–water partition coefficient (Wildman–Crippen LogP) is 3.41. The Morgan fingerprint density at radius 3 is 2.61 bits per heavy atom. The van der Waals surface area contributed by atoms with Crippen LogP contribution in [0.3, 0.4) is 0 Å². The second kappa shape index (κ2) is 6.51. The van der Waals surface area contributed by atoms with Crippen LogP contribution < -0.4 is 5.32 Å². The zero-order valence-corrected chi connectivity index (χ0v) is 13.4. The fourth-order valence-electron chi connectivity index (χ4n) is 3.42. The molecule has 130 valence electrons. The predicted molar refractivity (Wildman–Crippen MR) is 75.8 cm³/mol. The van der Waals surface area contributed by atoms with E-state index in [1.54, 1.807) is 0 Å². The number of halogens is 3. The highest BCUT2D eigenvalue weighted by molar-refractivity contribution is 5.93. The summed E-state index contributed by atoms with van der Waals surface area (Å²) in [5, 5.41) is 2.67. The molecule has 1 aromatic heterocycles. The Kier molecular flexibility index (Phi) is 5.03. The van der Waals surface area contributed by atoms with E-state index in [0.717, 1.165) is 12.8 Å². The van der Waals surface area contributed by atoms with Crippen molar-refractivity contribution < 1.29 is 27.1 Å². The molecule has 0 saturated heterocycles. The van der Waals surface area contributed by atoms with Crippen molar-refractivity contribution in [3.8, 4) is 0 Å². The molecule has 2 rings (SSSR count). The van der Waals surface area contributed by atoms with Gasteiger partial charge in [-0.25, -0.2) is 4.98 Å². The smallest absolute Gasteiger partial charge is 0.438 e. The molecular formula is C15H21F3N2O3. The average Bonchev–Trinajstić information content (AvgIpc) is 2.97. The molecule has 1 fully saturated rings. The number of oxazole rings is 1. The Balaban J connectivity index is 2.14. The van der Waals surface area contributed by atoms with E-state index in [0.29, 0.717) is 19.4 Å². The minimum atomic E-state index is -4.75. The first-order valence-electron chi connectivity index (χ1n) is 7.73. The summed E-state index contributed by atoms with van der Waals surface area (Å²) in [6.07, 6.45) is -1.99. The second-order valence-electron chi connectivity index (χ2n) is 5.67. The molecule has 1 aliphatic carbocycles. The number of rotatable bonds is 6. The third kappa shape index (κ3) is 3.08. The number of aromatic nitrogens is 1. The van der Waals surface area contributed by atoms with Crippen molar-refractivity contribution in [3.05, 3.63) is 17.8 Å². The van der Waals surface area contributed by atoms with Crippen LogP contribution in [0.1, 0.15) is 56.3 Å². The van der Waals surface area contributed by atoms with E-state index >= 15 is 0 Å². The number of carbonyl (C=O) groups excluding carboxylic acids is 1. The molecule has 0 radical (unpaired) electrons. The first kappa shape index (κ1) is 17.8. The summed E-state index contributed by atoms with van der Waals surface area (Å²) in [6, 6.07) is -0.237. The van der Waals surface area contributed by atoms with Crippen molar-refractivity contribution in [2.45, 2.75) is 58.4 Å². The Bertz CT molecular complexity index is 552. The van der Waals surface area contributed by atoms with Gasteiger partial charge in [0.25, 0.3) is 5.91 Å². The Morgan fingerprint density at radius 2 is 2.09 bits per heavy atom. The van der Waals surface area contributed by atoms with E-state index in [9.17, 15) is 18.0 Å². The second-order valence-corrected chi connectivity index (χ2v) is 5.67. The fourth-order valence-corrected chi connectivity index (χ4v) is 3.42. The molecular weight excluding hydrogens is 313 g/mol. The van der Waals surface area contributed by atoms with Gasteiger partial charge in [-0.3, -0.25) is 4.79 Å². The van der Waals surface area contributed by atoms with Gasteiger partial charge in [0, 0.05) is 18.1 Å². The Labute approximate surface area is 132 Å². The third-order valence-corrected chi connectivity index (χ3v) is 4.81. The van der Waals surface area contributed by atoms with E-state index in [1.807, 2.05) is 20.8 Å². The van der Waals surface area contributed by atoms with Crippen LogP contribution in [0.25, 0.3) is 0 Å². The molecule has 0 unspecified atom stereocenters. The Hall–Kier alpha value is -1.57. The normalized spacial score (nSPS) is 23.4. The largest absolute Gasteiger partial charge is 0.452 e. The number of nitrogens with one attached hydrogen (secondary N) is 1. The van der Waals surface area contributed by atoms with Crippen molar-refractivity contribution in [2.75, 3.05) is 6.61 Å². The zero-order chi connectivity index (χ0) is 17.3. The summed E-state index contributed by atoms with van der Waals surface area (Å²) in [5.41, 5.74) is -0.980. The molecule has 8 heteroatoms. The molecule has 1 heterocycles. The van der Waals surface area contributed by atoms with Gasteiger partial charge in [-0.15, -0.1) is 0 Å². The summed E-state index contributed by atoms with van der Waals surface area (Å²) >= 11 is 0. The van der Waals surface area contributed by atoms with Gasteiger partial charge in [-0.05, 0) is 26.2 Å². The van der Waals surface area contributed by atoms with Crippen LogP contribution in [0, 0.1) is 5.41 Å². The lowest BCUT2D eigenvalue weighted by molar-refractivity contribution is -0.153. The molecule has 0 bridgehead atoms. The monoisotopic (exact) mass is 334 g/mol. The van der Waals surface area contributed by atoms with Crippen LogP contribution in [0.5, 0.6) is 0 Å². The zero-order valence-electron chi connectivity index (χ0n) is 13.4. The lowest BCUT2D eigenvalue weighted by Crippen LogP contribution is -2.64. The van der Waals surface area contributed by atoms with Crippen LogP contribution in [0.4, 0.5) is 13.2 Å². The maximum absolute atomic E-state index is 12.8. The maximum Gasteiger partial charge on any atom is 0.452 e. The summed E-state index contributed by atoms with van der Waals surface area (Å²) in [5.74, 6) is -2.23. The topological polar surface area (TPSA) is 64.4 Å². The summed E-state index contributed by atoms with van der Waals surface area (Å²) in [6.45, 7) is 6.44. The van der Waals surface area contributed by atoms with Gasteiger partial charge in [-0.1, -0.05) is 13.8 Å². The minimum Gasteiger partial charge on any atom is -0.438 e. The first-order valence-corrected chi connectivity index (χ1v) is 7.73. The van der Waals surface area contributed by atoms with Gasteiger partial charge in [0.2, 0.25) is 5.76 Å². The number of amides is 1. The molecule has 1 N–H and O–H groups in total. The molecule has 1 aliphatic rings. The number of nitrogens with zero attached hydrogens (tertiary/aromatic N) is 1. The first-order chi connectivity index (χ1) is 10.8. The summed E-state index contributed by atoms with van der Waals surface area (Å²) < 4.78 is 48.4. The number of carbonyl (C=O) groups is 1. The fraction of sp³-hybridized carbons (Fsp3) is 0.733. The van der Waals surface area contributed by atoms with Gasteiger partial charge in [0.1, 0.15) is 0 Å². The van der Waals surface area contributed by atoms with Gasteiger partial charge < -0.3 is 14.5 Å². The molecule has 23 heavy (non-hydrogen) atoms. The van der Waals surface area contributed by atoms with E-state index in [1.165, 1.54) is 0 Å². The summed E-state index contributed by atoms with van der Waals surface area (Å²) in [4.78, 5) is 15.6. The molecule has 1 aromatic rings. The van der Waals surface area contributed by atoms with Gasteiger partial charge in [0.15, 0.2) is 12.1 Å². The van der Waals surface area contributed by atoms with Crippen LogP contribution in [0.15, 0.2) is 10.8 Å². The lowest BCUT2D eigenvalue weighted by Gasteiger charge is -2.55. The van der Waals surface area contributed by atoms with Crippen LogP contribution in [-0.2, 0) is 10.9 Å². The molecule has 0 aliphatic heterocycles. The highest BCUT2D eigenvalue weighted by Crippen LogP contribution is 2.49. The van der Waals surface area contributed by atoms with Gasteiger partial charge in [0.05, 0.1) is 6.10 Å². The van der Waals surface area contributed by atoms with E-state index in [-0.39, 0.29) is 17.6 Å². The van der Waals surface area contributed by atoms with E-state index in [2.05, 4.69) is 14.7 Å². The van der Waals surface area contributed by atoms with Crippen molar-refractivity contribution in [1.82, 2.24) is 10.3 Å². The average molecular weight is 334 g/mol. The SMILES string of the molecule is CCO[C@@H]1C[C@H](NC(=O)c2ncoc2C(F)(F)F)C1(CC)CC.